The minimum Gasteiger partial charge on any atom is -0.569 e. The van der Waals surface area contributed by atoms with Crippen LogP contribution in [0, 0.1) is 17.5 Å². The number of esters is 1. The van der Waals surface area contributed by atoms with Gasteiger partial charge in [0.25, 0.3) is 22.2 Å². The summed E-state index contributed by atoms with van der Waals surface area (Å²) in [6, 6.07) is 12.3. The molecule has 1 N–H and O–H groups in total. The predicted octanol–water partition coefficient (Wildman–Crippen LogP) is 5.52. The Morgan fingerprint density at radius 2 is 1.62 bits per heavy atom. The van der Waals surface area contributed by atoms with Crippen molar-refractivity contribution in [3.63, 3.8) is 0 Å². The number of carbonyl (C=O) groups is 2. The highest BCUT2D eigenvalue weighted by atomic mass is 32.2. The van der Waals surface area contributed by atoms with Crippen LogP contribution in [0.25, 0.3) is 16.9 Å². The topological polar surface area (TPSA) is 158 Å². The molecule has 0 saturated carbocycles. The average Bonchev–Trinajstić information content (AvgIpc) is 3.40. The van der Waals surface area contributed by atoms with Crippen LogP contribution in [-0.4, -0.2) is 58.4 Å². The number of nitrogens with zero attached hydrogens (tertiary/aromatic N) is 5. The van der Waals surface area contributed by atoms with E-state index in [1.807, 2.05) is 11.6 Å². The molecule has 0 radical (unpaired) electrons. The number of halogens is 3. The maximum Gasteiger partial charge on any atom is 0.435 e. The van der Waals surface area contributed by atoms with E-state index in [1.54, 1.807) is 65.8 Å². The molecule has 47 heavy (non-hydrogen) atoms. The van der Waals surface area contributed by atoms with Crippen LogP contribution in [0.1, 0.15) is 59.7 Å². The van der Waals surface area contributed by atoms with Crippen LogP contribution in [0.15, 0.2) is 64.8 Å². The smallest absolute Gasteiger partial charge is 0.435 e. The summed E-state index contributed by atoms with van der Waals surface area (Å²) in [5.41, 5.74) is -1.42. The monoisotopic (exact) mass is 682 g/mol. The van der Waals surface area contributed by atoms with E-state index >= 15 is 0 Å². The van der Waals surface area contributed by atoms with Crippen LogP contribution in [-0.2, 0) is 35.4 Å². The number of alkyl halides is 3. The third-order valence-electron chi connectivity index (χ3n) is 6.41. The Bertz CT molecular complexity index is 1730. The minimum absolute atomic E-state index is 0.0622. The van der Waals surface area contributed by atoms with Gasteiger partial charge in [0, 0.05) is 12.5 Å². The molecule has 256 valence electrons. The molecule has 1 heterocycles. The van der Waals surface area contributed by atoms with E-state index in [-0.39, 0.29) is 21.2 Å². The highest BCUT2D eigenvalue weighted by Gasteiger charge is 2.36. The number of sulfonamides is 1. The van der Waals surface area contributed by atoms with E-state index in [2.05, 4.69) is 10.4 Å². The maximum atomic E-state index is 13.5. The molecular weight excluding hydrogens is 645 g/mol. The van der Waals surface area contributed by atoms with Gasteiger partial charge in [0.1, 0.15) is 0 Å². The molecule has 0 aliphatic heterocycles. The molecule has 0 aliphatic rings. The molecule has 17 heteroatoms. The lowest BCUT2D eigenvalue weighted by molar-refractivity contribution is -0.724. The first kappa shape index (κ1) is 36.8. The van der Waals surface area contributed by atoms with Crippen molar-refractivity contribution in [3.05, 3.63) is 71.1 Å². The van der Waals surface area contributed by atoms with Gasteiger partial charge in [0.2, 0.25) is 5.28 Å². The number of rotatable bonds is 10. The second kappa shape index (κ2) is 13.6. The maximum absolute atomic E-state index is 13.5. The van der Waals surface area contributed by atoms with Gasteiger partial charge >= 0.3 is 12.1 Å². The fraction of sp³-hybridized carbons (Fsp3) is 0.433. The number of hydrazine groups is 1. The molecular formula is C30H37F3N6O7S. The number of benzene rings is 2. The van der Waals surface area contributed by atoms with Gasteiger partial charge in [-0.3, -0.25) is 14.4 Å². The molecule has 1 aromatic heterocycles. The minimum atomic E-state index is -4.73. The Morgan fingerprint density at radius 3 is 2.13 bits per heavy atom. The molecule has 0 aliphatic carbocycles. The van der Waals surface area contributed by atoms with E-state index in [1.165, 1.54) is 19.1 Å². The molecule has 13 nitrogen and oxygen atoms in total. The van der Waals surface area contributed by atoms with Crippen LogP contribution in [0.5, 0.6) is 0 Å². The lowest BCUT2D eigenvalue weighted by Crippen LogP contribution is -2.51. The van der Waals surface area contributed by atoms with Gasteiger partial charge in [-0.15, -0.1) is 5.01 Å². The summed E-state index contributed by atoms with van der Waals surface area (Å²) in [7, 11) is -4.49. The third-order valence-corrected chi connectivity index (χ3v) is 7.80. The van der Waals surface area contributed by atoms with Crippen LogP contribution < -0.4 is 4.72 Å². The van der Waals surface area contributed by atoms with Crippen molar-refractivity contribution < 1.29 is 45.7 Å². The number of ether oxygens (including phenoxy) is 1. The third kappa shape index (κ3) is 9.67. The Morgan fingerprint density at radius 1 is 1.04 bits per heavy atom. The molecule has 1 amide bonds. The number of amides is 1. The van der Waals surface area contributed by atoms with E-state index < -0.39 is 57.6 Å². The first-order valence-corrected chi connectivity index (χ1v) is 15.7. The van der Waals surface area contributed by atoms with E-state index in [0.717, 1.165) is 33.5 Å². The van der Waals surface area contributed by atoms with Crippen LogP contribution in [0.3, 0.4) is 0 Å². The highest BCUT2D eigenvalue weighted by molar-refractivity contribution is 7.90. The van der Waals surface area contributed by atoms with E-state index in [0.29, 0.717) is 5.56 Å². The summed E-state index contributed by atoms with van der Waals surface area (Å²) in [5, 5.41) is 20.6. The van der Waals surface area contributed by atoms with E-state index in [4.69, 9.17) is 9.57 Å². The van der Waals surface area contributed by atoms with Crippen molar-refractivity contribution >= 4 is 21.9 Å². The number of nitrogens with one attached hydrogen (secondary N) is 1. The van der Waals surface area contributed by atoms with Crippen molar-refractivity contribution in [2.45, 2.75) is 78.3 Å². The van der Waals surface area contributed by atoms with Gasteiger partial charge in [0.15, 0.2) is 12.2 Å². The highest BCUT2D eigenvalue weighted by Crippen LogP contribution is 2.33. The fourth-order valence-electron chi connectivity index (χ4n) is 3.84. The summed E-state index contributed by atoms with van der Waals surface area (Å²) < 4.78 is 74.7. The Balaban J connectivity index is 1.79. The molecule has 0 fully saturated rings. The van der Waals surface area contributed by atoms with Gasteiger partial charge in [0.05, 0.1) is 32.2 Å². The Kier molecular flexibility index (Phi) is 10.6. The van der Waals surface area contributed by atoms with Crippen molar-refractivity contribution in [2.75, 3.05) is 6.54 Å². The zero-order chi connectivity index (χ0) is 35.5. The summed E-state index contributed by atoms with van der Waals surface area (Å²) >= 11 is 0. The van der Waals surface area contributed by atoms with Crippen molar-refractivity contribution in [2.24, 2.45) is 10.7 Å². The lowest BCUT2D eigenvalue weighted by Gasteiger charge is -2.29. The Hall–Kier alpha value is -4.67. The largest absolute Gasteiger partial charge is 0.569 e. The zero-order valence-corrected chi connectivity index (χ0v) is 27.9. The normalized spacial score (nSPS) is 13.6. The number of hydrogen-bond acceptors (Lipinski definition) is 9. The number of hydrogen-bond donors (Lipinski definition) is 1. The SMILES string of the molecule is Cc1ccc(-c2cc(C(F)(F)F)nn2-c2ccc(S(=O)(=O)NC(=O)CN([N+]([O-])=NOC(C)OC(=O)C(C)(C)C)C(C)(C)C)cc2)cc1. The van der Waals surface area contributed by atoms with Gasteiger partial charge in [-0.1, -0.05) is 29.8 Å². The summed E-state index contributed by atoms with van der Waals surface area (Å²) in [4.78, 5) is 29.3. The molecule has 1 unspecified atom stereocenters. The first-order valence-electron chi connectivity index (χ1n) is 14.2. The quantitative estimate of drug-likeness (QED) is 0.0956. The number of carbonyl (C=O) groups excluding carboxylic acids is 2. The zero-order valence-electron chi connectivity index (χ0n) is 27.1. The van der Waals surface area contributed by atoms with E-state index in [9.17, 15) is 36.4 Å². The summed E-state index contributed by atoms with van der Waals surface area (Å²) in [5.74, 6) is -1.71. The van der Waals surface area contributed by atoms with Crippen LogP contribution >= 0.6 is 0 Å². The Labute approximate surface area is 270 Å². The van der Waals surface area contributed by atoms with Gasteiger partial charge < -0.3 is 9.94 Å². The fourth-order valence-corrected chi connectivity index (χ4v) is 4.82. The lowest BCUT2D eigenvalue weighted by atomic mass is 9.97. The molecule has 3 rings (SSSR count). The number of aryl methyl sites for hydroxylation is 1. The average molecular weight is 683 g/mol. The first-order chi connectivity index (χ1) is 21.5. The second-order valence-corrected chi connectivity index (χ2v) is 14.3. The van der Waals surface area contributed by atoms with Gasteiger partial charge in [-0.05, 0) is 78.8 Å². The molecule has 2 aromatic carbocycles. The van der Waals surface area contributed by atoms with Gasteiger partial charge in [-0.25, -0.2) is 17.8 Å². The molecule has 0 bridgehead atoms. The van der Waals surface area contributed by atoms with Crippen LogP contribution in [0.2, 0.25) is 0 Å². The molecule has 0 saturated heterocycles. The van der Waals surface area contributed by atoms with Crippen molar-refractivity contribution in [1.29, 1.82) is 0 Å². The second-order valence-electron chi connectivity index (χ2n) is 12.6. The predicted molar refractivity (Wildman–Crippen MR) is 163 cm³/mol. The standard InChI is InChI=1S/C30H37F3N6O7S/c1-19-9-11-21(12-10-19)24-17-25(30(31,32)33)34-38(24)22-13-15-23(16-14-22)47(43,44)35-26(40)18-37(29(6,7)8)39(42)36-46-20(2)45-27(41)28(3,4)5/h9-17,20H,18H2,1-8H3,(H,35,40). The van der Waals surface area contributed by atoms with Crippen molar-refractivity contribution in [1.82, 2.24) is 19.5 Å². The summed E-state index contributed by atoms with van der Waals surface area (Å²) in [6.07, 6.45) is -5.97. The summed E-state index contributed by atoms with van der Waals surface area (Å²) in [6.45, 7) is 11.9. The number of aromatic nitrogens is 2. The van der Waals surface area contributed by atoms with Crippen molar-refractivity contribution in [3.8, 4) is 16.9 Å². The molecule has 0 spiro atoms. The van der Waals surface area contributed by atoms with Crippen LogP contribution in [0.4, 0.5) is 13.2 Å². The molecule has 3 aromatic rings. The molecule has 1 atom stereocenters. The van der Waals surface area contributed by atoms with Gasteiger partial charge in [-0.2, -0.15) is 18.3 Å².